The molecular weight excluding hydrogens is 608 g/mol. The van der Waals surface area contributed by atoms with Gasteiger partial charge in [-0.05, 0) is 58.7 Å². The van der Waals surface area contributed by atoms with Crippen LogP contribution in [0.2, 0.25) is 0 Å². The van der Waals surface area contributed by atoms with Crippen LogP contribution in [0.3, 0.4) is 0 Å². The molecule has 0 bridgehead atoms. The van der Waals surface area contributed by atoms with E-state index in [0.29, 0.717) is 22.3 Å². The summed E-state index contributed by atoms with van der Waals surface area (Å²) in [5.74, 6) is -6.42. The first-order valence-electron chi connectivity index (χ1n) is 14.2. The van der Waals surface area contributed by atoms with E-state index in [9.17, 15) is 49.2 Å². The lowest BCUT2D eigenvalue weighted by molar-refractivity contribution is 0.0441. The summed E-state index contributed by atoms with van der Waals surface area (Å²) in [7, 11) is 0. The molecule has 0 aliphatic carbocycles. The summed E-state index contributed by atoms with van der Waals surface area (Å²) in [5.41, 5.74) is 0.994. The van der Waals surface area contributed by atoms with Crippen molar-refractivity contribution in [2.24, 2.45) is 0 Å². The fraction of sp³-hybridized carbons (Fsp3) is 0.167. The number of esters is 2. The smallest absolute Gasteiger partial charge is 0.346 e. The number of carbonyl (C=O) groups is 6. The van der Waals surface area contributed by atoms with E-state index in [1.54, 1.807) is 36.4 Å². The van der Waals surface area contributed by atoms with Crippen LogP contribution in [-0.4, -0.2) is 56.2 Å². The second-order valence-corrected chi connectivity index (χ2v) is 11.8. The lowest BCUT2D eigenvalue weighted by Crippen LogP contribution is -2.24. The molecule has 0 aromatic heterocycles. The molecule has 0 atom stereocenters. The second kappa shape index (κ2) is 12.7. The molecule has 0 saturated carbocycles. The van der Waals surface area contributed by atoms with Gasteiger partial charge in [0.25, 0.3) is 0 Å². The maximum Gasteiger partial charge on any atom is 0.346 e. The van der Waals surface area contributed by atoms with Crippen molar-refractivity contribution in [2.45, 2.75) is 38.5 Å². The topological polar surface area (TPSA) is 193 Å². The molecule has 0 fully saturated rings. The van der Waals surface area contributed by atoms with Gasteiger partial charge in [-0.3, -0.25) is 0 Å². The number of benzene rings is 4. The minimum atomic E-state index is -1.33. The average molecular weight is 639 g/mol. The zero-order valence-electron chi connectivity index (χ0n) is 25.7. The van der Waals surface area contributed by atoms with Crippen LogP contribution in [0.25, 0.3) is 0 Å². The first-order chi connectivity index (χ1) is 22.0. The van der Waals surface area contributed by atoms with Gasteiger partial charge in [0, 0.05) is 10.8 Å². The van der Waals surface area contributed by atoms with E-state index in [0.717, 1.165) is 11.1 Å². The van der Waals surface area contributed by atoms with E-state index in [2.05, 4.69) is 4.74 Å². The fourth-order valence-corrected chi connectivity index (χ4v) is 5.26. The molecule has 240 valence electrons. The quantitative estimate of drug-likeness (QED) is 0.128. The molecule has 1 heterocycles. The first kappa shape index (κ1) is 33.8. The predicted octanol–water partition coefficient (Wildman–Crippen LogP) is 6.13. The van der Waals surface area contributed by atoms with Gasteiger partial charge in [-0.2, -0.15) is 0 Å². The van der Waals surface area contributed by atoms with Gasteiger partial charge in [0.1, 0.15) is 0 Å². The Bertz CT molecular complexity index is 1830. The van der Waals surface area contributed by atoms with Crippen LogP contribution < -0.4 is 0 Å². The predicted molar refractivity (Wildman–Crippen MR) is 168 cm³/mol. The molecule has 4 N–H and O–H groups in total. The largest absolute Gasteiger partial charge is 0.478 e. The van der Waals surface area contributed by atoms with Crippen molar-refractivity contribution in [3.8, 4) is 0 Å². The van der Waals surface area contributed by atoms with Crippen LogP contribution in [0.5, 0.6) is 0 Å². The number of hydrogen-bond acceptors (Lipinski definition) is 7. The van der Waals surface area contributed by atoms with Crippen LogP contribution in [-0.2, 0) is 15.6 Å². The van der Waals surface area contributed by atoms with Gasteiger partial charge in [0.15, 0.2) is 0 Å². The Morgan fingerprint density at radius 3 is 1.15 bits per heavy atom. The zero-order chi connectivity index (χ0) is 34.8. The Morgan fingerprint density at radius 1 is 0.468 bits per heavy atom. The summed E-state index contributed by atoms with van der Waals surface area (Å²) in [5, 5.41) is 37.7. The Balaban J connectivity index is 0.000000379. The Labute approximate surface area is 268 Å². The average Bonchev–Trinajstić information content (AvgIpc) is 3.33. The van der Waals surface area contributed by atoms with Crippen LogP contribution in [0.1, 0.15) is 112 Å². The Kier molecular flexibility index (Phi) is 9.14. The van der Waals surface area contributed by atoms with E-state index < -0.39 is 46.6 Å². The van der Waals surface area contributed by atoms with Crippen LogP contribution in [0.4, 0.5) is 0 Å². The number of rotatable bonds is 8. The van der Waals surface area contributed by atoms with E-state index in [-0.39, 0.29) is 22.3 Å². The highest BCUT2D eigenvalue weighted by Crippen LogP contribution is 2.38. The number of ether oxygens (including phenoxy) is 1. The lowest BCUT2D eigenvalue weighted by atomic mass is 9.72. The van der Waals surface area contributed by atoms with E-state index in [1.807, 2.05) is 52.0 Å². The van der Waals surface area contributed by atoms with Gasteiger partial charge in [-0.15, -0.1) is 0 Å². The fourth-order valence-electron chi connectivity index (χ4n) is 5.26. The highest BCUT2D eigenvalue weighted by molar-refractivity contribution is 6.14. The molecule has 4 aromatic carbocycles. The third-order valence-electron chi connectivity index (χ3n) is 8.26. The van der Waals surface area contributed by atoms with E-state index in [1.165, 1.54) is 24.3 Å². The molecule has 4 aromatic rings. The number of carboxylic acids is 4. The molecule has 11 heteroatoms. The van der Waals surface area contributed by atoms with Crippen LogP contribution >= 0.6 is 0 Å². The highest BCUT2D eigenvalue weighted by atomic mass is 16.6. The van der Waals surface area contributed by atoms with Gasteiger partial charge >= 0.3 is 35.8 Å². The van der Waals surface area contributed by atoms with E-state index >= 15 is 0 Å². The van der Waals surface area contributed by atoms with Crippen molar-refractivity contribution in [2.75, 3.05) is 0 Å². The van der Waals surface area contributed by atoms with Crippen molar-refractivity contribution in [1.29, 1.82) is 0 Å². The molecule has 0 amide bonds. The standard InChI is InChI=1S/C28H26O8.C8H4O3/c1-27(2,17-8-10-19(23(29)30)21(13-17)25(33)34)15-6-5-7-16(12-15)28(3,4)18-9-11-20(24(31)32)22(14-18)26(35)36;9-7-5-3-1-2-4-6(5)8(10)11-7/h5-14H,1-4H3,(H,29,30)(H,31,32)(H,33,34)(H,35,36);1-4H. The normalized spacial score (nSPS) is 12.3. The zero-order valence-corrected chi connectivity index (χ0v) is 25.7. The molecule has 0 unspecified atom stereocenters. The number of cyclic esters (lactones) is 2. The Hall–Kier alpha value is -6.10. The minimum absolute atomic E-state index is 0.295. The number of carbonyl (C=O) groups excluding carboxylic acids is 2. The Morgan fingerprint density at radius 2 is 0.809 bits per heavy atom. The van der Waals surface area contributed by atoms with Crippen molar-refractivity contribution in [3.05, 3.63) is 141 Å². The number of aromatic carboxylic acids is 4. The maximum atomic E-state index is 11.7. The number of fused-ring (bicyclic) bond motifs is 1. The first-order valence-corrected chi connectivity index (χ1v) is 14.2. The van der Waals surface area contributed by atoms with Crippen molar-refractivity contribution in [3.63, 3.8) is 0 Å². The van der Waals surface area contributed by atoms with E-state index in [4.69, 9.17) is 0 Å². The molecule has 11 nitrogen and oxygen atoms in total. The number of carboxylic acid groups (broad SMARTS) is 4. The van der Waals surface area contributed by atoms with Gasteiger partial charge in [0.2, 0.25) is 0 Å². The van der Waals surface area contributed by atoms with Crippen LogP contribution in [0.15, 0.2) is 84.9 Å². The SMILES string of the molecule is CC(C)(c1cccc(C(C)(C)c2ccc(C(=O)O)c(C(=O)O)c2)c1)c1ccc(C(=O)O)c(C(=O)O)c1.O=C1OC(=O)c2ccccc21. The van der Waals surface area contributed by atoms with Crippen LogP contribution in [0, 0.1) is 0 Å². The summed E-state index contributed by atoms with van der Waals surface area (Å²) >= 11 is 0. The molecule has 1 aliphatic heterocycles. The monoisotopic (exact) mass is 638 g/mol. The third kappa shape index (κ3) is 6.64. The van der Waals surface area contributed by atoms with Gasteiger partial charge < -0.3 is 25.2 Å². The summed E-state index contributed by atoms with van der Waals surface area (Å²) in [6.45, 7) is 7.57. The molecular formula is C36H30O11. The van der Waals surface area contributed by atoms with Crippen molar-refractivity contribution < 1.29 is 53.9 Å². The molecule has 0 saturated heterocycles. The maximum absolute atomic E-state index is 11.7. The summed E-state index contributed by atoms with van der Waals surface area (Å²) in [6.07, 6.45) is 0. The molecule has 47 heavy (non-hydrogen) atoms. The minimum Gasteiger partial charge on any atom is -0.478 e. The summed E-state index contributed by atoms with van der Waals surface area (Å²) in [4.78, 5) is 67.9. The summed E-state index contributed by atoms with van der Waals surface area (Å²) < 4.78 is 4.35. The summed E-state index contributed by atoms with van der Waals surface area (Å²) in [6, 6.07) is 22.5. The molecule has 0 spiro atoms. The number of hydrogen-bond donors (Lipinski definition) is 4. The van der Waals surface area contributed by atoms with Crippen molar-refractivity contribution in [1.82, 2.24) is 0 Å². The lowest BCUT2D eigenvalue weighted by Gasteiger charge is -2.31. The molecule has 0 radical (unpaired) electrons. The van der Waals surface area contributed by atoms with Crippen molar-refractivity contribution >= 4 is 35.8 Å². The molecule has 1 aliphatic rings. The third-order valence-corrected chi connectivity index (χ3v) is 8.26. The second-order valence-electron chi connectivity index (χ2n) is 11.8. The van der Waals surface area contributed by atoms with Gasteiger partial charge in [0.05, 0.1) is 33.4 Å². The van der Waals surface area contributed by atoms with Gasteiger partial charge in [-0.1, -0.05) is 76.2 Å². The van der Waals surface area contributed by atoms with Gasteiger partial charge in [-0.25, -0.2) is 28.8 Å². The highest BCUT2D eigenvalue weighted by Gasteiger charge is 2.31. The molecule has 5 rings (SSSR count).